The fourth-order valence-electron chi connectivity index (χ4n) is 2.96. The highest BCUT2D eigenvalue weighted by Gasteiger charge is 2.06. The van der Waals surface area contributed by atoms with Crippen LogP contribution in [0.2, 0.25) is 19.6 Å². The minimum Gasteiger partial charge on any atom is -0.378 e. The molecule has 0 aromatic carbocycles. The Morgan fingerprint density at radius 2 is 1.19 bits per heavy atom. The third kappa shape index (κ3) is 26.1. The molecule has 0 aliphatic rings. The van der Waals surface area contributed by atoms with E-state index in [9.17, 15) is 0 Å². The van der Waals surface area contributed by atoms with Crippen molar-refractivity contribution in [2.24, 2.45) is 0 Å². The summed E-state index contributed by atoms with van der Waals surface area (Å²) in [5.74, 6) is 5.85. The zero-order valence-corrected chi connectivity index (χ0v) is 21.0. The summed E-state index contributed by atoms with van der Waals surface area (Å²) in [4.78, 5) is 0. The zero-order chi connectivity index (χ0) is 20.2. The number of thioether (sulfide) groups is 1. The third-order valence-corrected chi connectivity index (χ3v) is 6.44. The maximum Gasteiger partial charge on any atom is 0.129 e. The van der Waals surface area contributed by atoms with Crippen LogP contribution < -0.4 is 0 Å². The van der Waals surface area contributed by atoms with Crippen molar-refractivity contribution < 1.29 is 4.74 Å². The predicted octanol–water partition coefficient (Wildman–Crippen LogP) is 8.10. The lowest BCUT2D eigenvalue weighted by Gasteiger charge is -2.07. The number of hydrogen-bond donors (Lipinski definition) is 0. The summed E-state index contributed by atoms with van der Waals surface area (Å²) >= 11 is 2.05. The molecule has 27 heavy (non-hydrogen) atoms. The first kappa shape index (κ1) is 27.1. The maximum absolute atomic E-state index is 5.56. The summed E-state index contributed by atoms with van der Waals surface area (Å²) in [6.07, 6.45) is 18.5. The highest BCUT2D eigenvalue weighted by molar-refractivity contribution is 7.99. The summed E-state index contributed by atoms with van der Waals surface area (Å²) in [5, 5.41) is 0. The highest BCUT2D eigenvalue weighted by atomic mass is 32.2. The lowest BCUT2D eigenvalue weighted by atomic mass is 10.0. The number of rotatable bonds is 18. The Kier molecular flexibility index (Phi) is 19.5. The minimum atomic E-state index is -1.14. The van der Waals surface area contributed by atoms with E-state index in [1.807, 2.05) is 0 Å². The smallest absolute Gasteiger partial charge is 0.129 e. The van der Waals surface area contributed by atoms with E-state index in [2.05, 4.69) is 56.7 Å². The van der Waals surface area contributed by atoms with Crippen LogP contribution in [0, 0.1) is 11.5 Å². The van der Waals surface area contributed by atoms with Gasteiger partial charge in [-0.2, -0.15) is 11.8 Å². The fourth-order valence-corrected chi connectivity index (χ4v) is 4.44. The summed E-state index contributed by atoms with van der Waals surface area (Å²) < 4.78 is 5.56. The van der Waals surface area contributed by atoms with Gasteiger partial charge in [-0.3, -0.25) is 0 Å². The molecular formula is C24H48OSSi. The molecule has 0 unspecified atom stereocenters. The molecule has 0 spiro atoms. The molecule has 0 saturated carbocycles. The molecule has 3 heteroatoms. The monoisotopic (exact) mass is 412 g/mol. The van der Waals surface area contributed by atoms with Crippen LogP contribution >= 0.6 is 11.8 Å². The molecule has 0 aliphatic heterocycles. The second-order valence-electron chi connectivity index (χ2n) is 9.08. The summed E-state index contributed by atoms with van der Waals surface area (Å²) in [7, 11) is -1.14. The van der Waals surface area contributed by atoms with E-state index >= 15 is 0 Å². The van der Waals surface area contributed by atoms with Crippen molar-refractivity contribution in [1.82, 2.24) is 0 Å². The molecule has 0 N–H and O–H groups in total. The van der Waals surface area contributed by atoms with Crippen molar-refractivity contribution in [3.05, 3.63) is 0 Å². The minimum absolute atomic E-state index is 0.380. The van der Waals surface area contributed by atoms with Gasteiger partial charge in [0.2, 0.25) is 0 Å². The third-order valence-electron chi connectivity index (χ3n) is 4.48. The van der Waals surface area contributed by atoms with Gasteiger partial charge in [-0.05, 0) is 32.4 Å². The standard InChI is InChI=1S/C24H48OSSi/c1-24(2)25-20-22-26-21-18-16-14-12-10-8-6-7-9-11-13-15-17-19-23-27(3,4)5/h24H,6-18,20-22H2,1-5H3. The molecule has 0 aliphatic carbocycles. The van der Waals surface area contributed by atoms with Crippen LogP contribution in [0.15, 0.2) is 0 Å². The first-order valence-electron chi connectivity index (χ1n) is 11.6. The number of unbranched alkanes of at least 4 members (excludes halogenated alkanes) is 12. The van der Waals surface area contributed by atoms with Gasteiger partial charge in [0, 0.05) is 12.2 Å². The van der Waals surface area contributed by atoms with Gasteiger partial charge in [0.15, 0.2) is 0 Å². The Hall–Kier alpha value is 0.0869. The zero-order valence-electron chi connectivity index (χ0n) is 19.2. The van der Waals surface area contributed by atoms with Gasteiger partial charge in [0.05, 0.1) is 12.7 Å². The van der Waals surface area contributed by atoms with Crippen LogP contribution in [0.3, 0.4) is 0 Å². The number of ether oxygens (including phenoxy) is 1. The Balaban J connectivity index is 3.10. The van der Waals surface area contributed by atoms with Crippen molar-refractivity contribution in [1.29, 1.82) is 0 Å². The normalized spacial score (nSPS) is 11.6. The molecule has 1 nitrogen and oxygen atoms in total. The van der Waals surface area contributed by atoms with Crippen molar-refractivity contribution >= 4 is 19.8 Å². The molecule has 160 valence electrons. The fraction of sp³-hybridized carbons (Fsp3) is 0.917. The molecule has 0 amide bonds. The number of hydrogen-bond acceptors (Lipinski definition) is 2. The molecule has 0 saturated heterocycles. The van der Waals surface area contributed by atoms with Crippen molar-refractivity contribution in [2.45, 2.75) is 123 Å². The molecule has 0 aromatic rings. The van der Waals surface area contributed by atoms with Gasteiger partial charge in [0.1, 0.15) is 8.07 Å². The lowest BCUT2D eigenvalue weighted by molar-refractivity contribution is 0.0920. The molecule has 0 aromatic heterocycles. The van der Waals surface area contributed by atoms with E-state index in [0.717, 1.165) is 18.8 Å². The second-order valence-corrected chi connectivity index (χ2v) is 15.1. The first-order valence-corrected chi connectivity index (χ1v) is 16.3. The van der Waals surface area contributed by atoms with Crippen molar-refractivity contribution in [2.75, 3.05) is 18.1 Å². The Morgan fingerprint density at radius 1 is 0.704 bits per heavy atom. The van der Waals surface area contributed by atoms with Gasteiger partial charge in [-0.15, -0.1) is 11.5 Å². The molecule has 0 bridgehead atoms. The van der Waals surface area contributed by atoms with Gasteiger partial charge < -0.3 is 4.74 Å². The summed E-state index contributed by atoms with van der Waals surface area (Å²) in [6, 6.07) is 0. The Labute approximate surface area is 177 Å². The van der Waals surface area contributed by atoms with Crippen LogP contribution in [-0.2, 0) is 4.74 Å². The predicted molar refractivity (Wildman–Crippen MR) is 130 cm³/mol. The first-order chi connectivity index (χ1) is 12.9. The van der Waals surface area contributed by atoms with E-state index in [1.165, 1.54) is 82.8 Å². The van der Waals surface area contributed by atoms with Crippen molar-refractivity contribution in [3.63, 3.8) is 0 Å². The van der Waals surface area contributed by atoms with E-state index in [0.29, 0.717) is 6.10 Å². The maximum atomic E-state index is 5.56. The van der Waals surface area contributed by atoms with Crippen molar-refractivity contribution in [3.8, 4) is 11.5 Å². The molecule has 0 heterocycles. The molecular weight excluding hydrogens is 364 g/mol. The average molecular weight is 413 g/mol. The van der Waals surface area contributed by atoms with Gasteiger partial charge in [0.25, 0.3) is 0 Å². The SMILES string of the molecule is CC(C)OCCSCCCCCCCCCCCCCCC#C[Si](C)(C)C. The van der Waals surface area contributed by atoms with E-state index < -0.39 is 8.07 Å². The Morgan fingerprint density at radius 3 is 1.67 bits per heavy atom. The van der Waals surface area contributed by atoms with Crippen LogP contribution in [0.25, 0.3) is 0 Å². The van der Waals surface area contributed by atoms with Crippen LogP contribution in [0.4, 0.5) is 0 Å². The highest BCUT2D eigenvalue weighted by Crippen LogP contribution is 2.13. The van der Waals surface area contributed by atoms with E-state index in [1.54, 1.807) is 0 Å². The molecule has 0 rings (SSSR count). The van der Waals surface area contributed by atoms with Gasteiger partial charge in [-0.1, -0.05) is 83.8 Å². The average Bonchev–Trinajstić information content (AvgIpc) is 2.58. The van der Waals surface area contributed by atoms with E-state index in [4.69, 9.17) is 4.74 Å². The second kappa shape index (κ2) is 19.4. The van der Waals surface area contributed by atoms with Crippen LogP contribution in [-0.4, -0.2) is 32.3 Å². The topological polar surface area (TPSA) is 9.23 Å². The quantitative estimate of drug-likeness (QED) is 0.128. The summed E-state index contributed by atoms with van der Waals surface area (Å²) in [5.41, 5.74) is 3.46. The summed E-state index contributed by atoms with van der Waals surface area (Å²) in [6.45, 7) is 12.1. The van der Waals surface area contributed by atoms with Gasteiger partial charge in [-0.25, -0.2) is 0 Å². The molecule has 0 radical (unpaired) electrons. The molecule has 0 fully saturated rings. The molecule has 0 atom stereocenters. The van der Waals surface area contributed by atoms with Gasteiger partial charge >= 0.3 is 0 Å². The van der Waals surface area contributed by atoms with Crippen LogP contribution in [0.5, 0.6) is 0 Å². The largest absolute Gasteiger partial charge is 0.378 e. The van der Waals surface area contributed by atoms with Crippen LogP contribution in [0.1, 0.15) is 97.3 Å². The Bertz CT molecular complexity index is 365. The van der Waals surface area contributed by atoms with E-state index in [-0.39, 0.29) is 0 Å². The lowest BCUT2D eigenvalue weighted by Crippen LogP contribution is -2.16.